The number of fused-ring (bicyclic) bond motifs is 1. The number of alkyl halides is 4. The Morgan fingerprint density at radius 1 is 0.900 bits per heavy atom. The molecule has 1 saturated carbocycles. The second kappa shape index (κ2) is 7.97. The first kappa shape index (κ1) is 21.3. The molecule has 0 saturated heterocycles. The van der Waals surface area contributed by atoms with Crippen molar-refractivity contribution in [2.24, 2.45) is 5.92 Å². The number of halogens is 5. The highest BCUT2D eigenvalue weighted by Gasteiger charge is 2.61. The number of hydrogen-bond donors (Lipinski definition) is 0. The smallest absolute Gasteiger partial charge is 0.206 e. The quantitative estimate of drug-likeness (QED) is 0.435. The van der Waals surface area contributed by atoms with Gasteiger partial charge in [0.15, 0.2) is 0 Å². The monoisotopic (exact) mass is 422 g/mol. The second-order valence-electron chi connectivity index (χ2n) is 8.90. The summed E-state index contributed by atoms with van der Waals surface area (Å²) in [5.74, 6) is -8.61. The molecule has 0 radical (unpaired) electrons. The van der Waals surface area contributed by atoms with E-state index in [1.54, 1.807) is 0 Å². The van der Waals surface area contributed by atoms with Crippen LogP contribution < -0.4 is 0 Å². The van der Waals surface area contributed by atoms with Gasteiger partial charge in [0.25, 0.3) is 0 Å². The zero-order valence-electron chi connectivity index (χ0n) is 17.2. The molecule has 0 N–H and O–H groups in total. The Hall–Kier alpha value is -1.91. The normalized spacial score (nSPS) is 25.0. The molecule has 2 aliphatic carbocycles. The number of aryl methyl sites for hydroxylation is 1. The summed E-state index contributed by atoms with van der Waals surface area (Å²) in [5, 5.41) is 0. The van der Waals surface area contributed by atoms with Crippen LogP contribution in [0.2, 0.25) is 0 Å². The fraction of sp³-hybridized carbons (Fsp3) is 0.520. The summed E-state index contributed by atoms with van der Waals surface area (Å²) in [6.07, 6.45) is 6.11. The van der Waals surface area contributed by atoms with Gasteiger partial charge in [0.05, 0.1) is 5.56 Å². The Kier molecular flexibility index (Phi) is 5.67. The molecule has 5 heteroatoms. The SMILES string of the molecule is CCCC1CCC(c2ccc(-c3cc(F)c4c(c3)CCC(F)(F)C4(F)F)cc2)CC1. The number of benzene rings is 2. The van der Waals surface area contributed by atoms with Gasteiger partial charge < -0.3 is 0 Å². The van der Waals surface area contributed by atoms with Crippen LogP contribution in [-0.2, 0) is 12.3 Å². The van der Waals surface area contributed by atoms with Gasteiger partial charge in [-0.3, -0.25) is 0 Å². The van der Waals surface area contributed by atoms with Crippen molar-refractivity contribution < 1.29 is 22.0 Å². The number of hydrogen-bond acceptors (Lipinski definition) is 0. The second-order valence-corrected chi connectivity index (χ2v) is 8.90. The molecule has 2 aromatic rings. The Morgan fingerprint density at radius 3 is 2.20 bits per heavy atom. The predicted molar refractivity (Wildman–Crippen MR) is 109 cm³/mol. The molecule has 0 aromatic heterocycles. The van der Waals surface area contributed by atoms with Crippen LogP contribution in [0, 0.1) is 11.7 Å². The molecule has 0 nitrogen and oxygen atoms in total. The Balaban J connectivity index is 1.55. The van der Waals surface area contributed by atoms with E-state index in [-0.39, 0.29) is 12.0 Å². The first-order chi connectivity index (χ1) is 14.2. The van der Waals surface area contributed by atoms with Crippen LogP contribution in [0.25, 0.3) is 11.1 Å². The van der Waals surface area contributed by atoms with Gasteiger partial charge >= 0.3 is 11.8 Å². The topological polar surface area (TPSA) is 0 Å². The minimum atomic E-state index is -4.48. The van der Waals surface area contributed by atoms with Crippen molar-refractivity contribution in [3.63, 3.8) is 0 Å². The van der Waals surface area contributed by atoms with Crippen molar-refractivity contribution >= 4 is 0 Å². The van der Waals surface area contributed by atoms with Crippen molar-refractivity contribution in [1.82, 2.24) is 0 Å². The maximum atomic E-state index is 14.5. The molecule has 30 heavy (non-hydrogen) atoms. The van der Waals surface area contributed by atoms with Crippen LogP contribution in [-0.4, -0.2) is 5.92 Å². The molecule has 4 rings (SSSR count). The summed E-state index contributed by atoms with van der Waals surface area (Å²) in [6.45, 7) is 2.22. The zero-order chi connectivity index (χ0) is 21.5. The van der Waals surface area contributed by atoms with E-state index in [0.29, 0.717) is 17.0 Å². The lowest BCUT2D eigenvalue weighted by Crippen LogP contribution is -2.43. The summed E-state index contributed by atoms with van der Waals surface area (Å²) in [7, 11) is 0. The van der Waals surface area contributed by atoms with E-state index >= 15 is 0 Å². The van der Waals surface area contributed by atoms with Crippen molar-refractivity contribution in [3.8, 4) is 11.1 Å². The molecule has 0 spiro atoms. The van der Waals surface area contributed by atoms with Crippen LogP contribution >= 0.6 is 0 Å². The predicted octanol–water partition coefficient (Wildman–Crippen LogP) is 8.24. The van der Waals surface area contributed by atoms with Crippen molar-refractivity contribution in [2.45, 2.75) is 76.1 Å². The largest absolute Gasteiger partial charge is 0.338 e. The van der Waals surface area contributed by atoms with Gasteiger partial charge in [0, 0.05) is 6.42 Å². The lowest BCUT2D eigenvalue weighted by atomic mass is 9.77. The van der Waals surface area contributed by atoms with E-state index in [4.69, 9.17) is 0 Å². The molecule has 0 aliphatic heterocycles. The van der Waals surface area contributed by atoms with Crippen LogP contribution in [0.3, 0.4) is 0 Å². The summed E-state index contributed by atoms with van der Waals surface area (Å²) in [6, 6.07) is 10.2. The third-order valence-corrected chi connectivity index (χ3v) is 6.91. The van der Waals surface area contributed by atoms with Crippen molar-refractivity contribution in [2.75, 3.05) is 0 Å². The van der Waals surface area contributed by atoms with Crippen LogP contribution in [0.5, 0.6) is 0 Å². The summed E-state index contributed by atoms with van der Waals surface area (Å²) in [5.41, 5.74) is 1.23. The molecule has 0 unspecified atom stereocenters. The average Bonchev–Trinajstić information content (AvgIpc) is 2.72. The Bertz CT molecular complexity index is 893. The summed E-state index contributed by atoms with van der Waals surface area (Å²) < 4.78 is 70.0. The van der Waals surface area contributed by atoms with Gasteiger partial charge in [0.2, 0.25) is 0 Å². The highest BCUT2D eigenvalue weighted by Crippen LogP contribution is 2.51. The van der Waals surface area contributed by atoms with Gasteiger partial charge in [0.1, 0.15) is 5.82 Å². The fourth-order valence-corrected chi connectivity index (χ4v) is 5.15. The van der Waals surface area contributed by atoms with Crippen LogP contribution in [0.4, 0.5) is 22.0 Å². The third-order valence-electron chi connectivity index (χ3n) is 6.91. The molecule has 0 atom stereocenters. The lowest BCUT2D eigenvalue weighted by Gasteiger charge is -2.33. The first-order valence-electron chi connectivity index (χ1n) is 10.9. The highest BCUT2D eigenvalue weighted by molar-refractivity contribution is 5.66. The van der Waals surface area contributed by atoms with Crippen LogP contribution in [0.1, 0.15) is 74.5 Å². The standard InChI is InChI=1S/C25H27F5/c1-2-3-16-4-6-17(7-5-16)18-8-10-19(11-9-18)21-14-20-12-13-24(27,28)25(29,30)23(20)22(26)15-21/h8-11,14-17H,2-7,12-13H2,1H3. The van der Waals surface area contributed by atoms with Crippen molar-refractivity contribution in [1.29, 1.82) is 0 Å². The van der Waals surface area contributed by atoms with Gasteiger partial charge in [-0.2, -0.15) is 17.6 Å². The van der Waals surface area contributed by atoms with Gasteiger partial charge in [-0.05, 0) is 72.3 Å². The van der Waals surface area contributed by atoms with E-state index in [0.717, 1.165) is 12.0 Å². The van der Waals surface area contributed by atoms with Gasteiger partial charge in [-0.1, -0.05) is 50.1 Å². The molecule has 0 amide bonds. The Labute approximate surface area is 174 Å². The number of rotatable bonds is 4. The maximum absolute atomic E-state index is 14.5. The summed E-state index contributed by atoms with van der Waals surface area (Å²) >= 11 is 0. The van der Waals surface area contributed by atoms with E-state index in [1.807, 2.05) is 24.3 Å². The van der Waals surface area contributed by atoms with Gasteiger partial charge in [-0.15, -0.1) is 0 Å². The molecule has 0 bridgehead atoms. The van der Waals surface area contributed by atoms with E-state index in [9.17, 15) is 22.0 Å². The van der Waals surface area contributed by atoms with Crippen LogP contribution in [0.15, 0.2) is 36.4 Å². The third kappa shape index (κ3) is 3.76. The van der Waals surface area contributed by atoms with Crippen molar-refractivity contribution in [3.05, 3.63) is 58.9 Å². The fourth-order valence-electron chi connectivity index (χ4n) is 5.15. The molecule has 2 aliphatic rings. The zero-order valence-corrected chi connectivity index (χ0v) is 17.2. The van der Waals surface area contributed by atoms with Gasteiger partial charge in [-0.25, -0.2) is 4.39 Å². The first-order valence-corrected chi connectivity index (χ1v) is 10.9. The van der Waals surface area contributed by atoms with E-state index < -0.39 is 29.6 Å². The molecule has 0 heterocycles. The maximum Gasteiger partial charge on any atom is 0.338 e. The minimum absolute atomic E-state index is 0.0285. The molecular weight excluding hydrogens is 395 g/mol. The van der Waals surface area contributed by atoms with E-state index in [1.165, 1.54) is 50.2 Å². The average molecular weight is 422 g/mol. The molecule has 162 valence electrons. The Morgan fingerprint density at radius 2 is 1.57 bits per heavy atom. The summed E-state index contributed by atoms with van der Waals surface area (Å²) in [4.78, 5) is 0. The molecule has 1 fully saturated rings. The molecule has 2 aromatic carbocycles. The van der Waals surface area contributed by atoms with E-state index in [2.05, 4.69) is 6.92 Å². The highest BCUT2D eigenvalue weighted by atomic mass is 19.3. The minimum Gasteiger partial charge on any atom is -0.206 e. The lowest BCUT2D eigenvalue weighted by molar-refractivity contribution is -0.226. The molecular formula is C25H27F5.